The lowest BCUT2D eigenvalue weighted by molar-refractivity contribution is -0.213. The Balaban J connectivity index is 2.45. The molecule has 1 atom stereocenters. The average molecular weight is 381 g/mol. The molecule has 0 saturated heterocycles. The molecule has 1 unspecified atom stereocenters. The predicted octanol–water partition coefficient (Wildman–Crippen LogP) is 3.53. The molecule has 2 amide bonds. The van der Waals surface area contributed by atoms with E-state index in [1.807, 2.05) is 0 Å². The van der Waals surface area contributed by atoms with E-state index in [9.17, 15) is 22.8 Å². The number of hydrogen-bond donors (Lipinski definition) is 2. The van der Waals surface area contributed by atoms with Gasteiger partial charge in [0.1, 0.15) is 5.82 Å². The molecule has 2 rings (SSSR count). The van der Waals surface area contributed by atoms with E-state index in [0.717, 1.165) is 12.1 Å². The van der Waals surface area contributed by atoms with Gasteiger partial charge in [-0.3, -0.25) is 5.32 Å². The number of esters is 1. The van der Waals surface area contributed by atoms with Crippen molar-refractivity contribution in [2.24, 2.45) is 0 Å². The summed E-state index contributed by atoms with van der Waals surface area (Å²) in [6, 6.07) is 9.74. The SMILES string of the molecule is CCOC(=O)C(NC(=O)Nc1cccc(C)n1)(c1ccccc1)C(F)(F)F. The van der Waals surface area contributed by atoms with Crippen LogP contribution in [0, 0.1) is 6.92 Å². The van der Waals surface area contributed by atoms with Crippen molar-refractivity contribution in [1.29, 1.82) is 0 Å². The van der Waals surface area contributed by atoms with E-state index in [4.69, 9.17) is 0 Å². The van der Waals surface area contributed by atoms with Crippen molar-refractivity contribution < 1.29 is 27.5 Å². The molecule has 0 fully saturated rings. The third-order valence-electron chi connectivity index (χ3n) is 3.64. The molecule has 2 aromatic rings. The second-order valence-corrected chi connectivity index (χ2v) is 5.58. The van der Waals surface area contributed by atoms with Gasteiger partial charge < -0.3 is 10.1 Å². The Morgan fingerprint density at radius 3 is 2.30 bits per heavy atom. The van der Waals surface area contributed by atoms with Crippen molar-refractivity contribution >= 4 is 17.8 Å². The third kappa shape index (κ3) is 4.36. The fraction of sp³-hybridized carbons (Fsp3) is 0.278. The number of pyridine rings is 1. The first-order chi connectivity index (χ1) is 12.7. The van der Waals surface area contributed by atoms with Crippen LogP contribution in [-0.4, -0.2) is 29.8 Å². The maximum Gasteiger partial charge on any atom is 0.426 e. The second-order valence-electron chi connectivity index (χ2n) is 5.58. The highest BCUT2D eigenvalue weighted by molar-refractivity contribution is 5.95. The smallest absolute Gasteiger partial charge is 0.426 e. The Hall–Kier alpha value is -3.10. The van der Waals surface area contributed by atoms with Gasteiger partial charge >= 0.3 is 18.2 Å². The fourth-order valence-corrected chi connectivity index (χ4v) is 2.45. The van der Waals surface area contributed by atoms with Gasteiger partial charge in [-0.1, -0.05) is 36.4 Å². The van der Waals surface area contributed by atoms with Crippen molar-refractivity contribution in [3.05, 3.63) is 59.8 Å². The number of hydrogen-bond acceptors (Lipinski definition) is 4. The van der Waals surface area contributed by atoms with E-state index in [2.05, 4.69) is 15.0 Å². The topological polar surface area (TPSA) is 80.3 Å². The number of rotatable bonds is 5. The van der Waals surface area contributed by atoms with Crippen LogP contribution >= 0.6 is 0 Å². The molecule has 0 aliphatic carbocycles. The lowest BCUT2D eigenvalue weighted by Gasteiger charge is -2.34. The van der Waals surface area contributed by atoms with Gasteiger partial charge in [0.15, 0.2) is 0 Å². The van der Waals surface area contributed by atoms with Crippen LogP contribution in [0.25, 0.3) is 0 Å². The molecule has 2 N–H and O–H groups in total. The third-order valence-corrected chi connectivity index (χ3v) is 3.64. The van der Waals surface area contributed by atoms with E-state index in [-0.39, 0.29) is 12.4 Å². The van der Waals surface area contributed by atoms with Gasteiger partial charge in [0.25, 0.3) is 5.54 Å². The van der Waals surface area contributed by atoms with Gasteiger partial charge in [-0.25, -0.2) is 14.6 Å². The molecular formula is C18H18F3N3O3. The van der Waals surface area contributed by atoms with E-state index < -0.39 is 29.3 Å². The molecule has 0 aliphatic rings. The molecule has 0 spiro atoms. The summed E-state index contributed by atoms with van der Waals surface area (Å²) in [5.74, 6) is -1.59. The van der Waals surface area contributed by atoms with E-state index in [1.165, 1.54) is 31.2 Å². The molecule has 1 heterocycles. The monoisotopic (exact) mass is 381 g/mol. The number of anilines is 1. The molecule has 6 nitrogen and oxygen atoms in total. The van der Waals surface area contributed by atoms with Crippen LogP contribution in [0.1, 0.15) is 18.2 Å². The number of aromatic nitrogens is 1. The molecule has 0 radical (unpaired) electrons. The minimum absolute atomic E-state index is 0.0421. The Labute approximate surface area is 153 Å². The molecular weight excluding hydrogens is 363 g/mol. The summed E-state index contributed by atoms with van der Waals surface area (Å²) in [6.07, 6.45) is -5.15. The zero-order valence-electron chi connectivity index (χ0n) is 14.6. The van der Waals surface area contributed by atoms with Crippen LogP contribution in [0.5, 0.6) is 0 Å². The Kier molecular flexibility index (Phi) is 6.04. The molecule has 27 heavy (non-hydrogen) atoms. The quantitative estimate of drug-likeness (QED) is 0.777. The number of carbonyl (C=O) groups is 2. The predicted molar refractivity (Wildman–Crippen MR) is 91.9 cm³/mol. The number of carbonyl (C=O) groups excluding carboxylic acids is 2. The normalized spacial score (nSPS) is 13.4. The van der Waals surface area contributed by atoms with Crippen LogP contribution in [-0.2, 0) is 15.1 Å². The van der Waals surface area contributed by atoms with Crippen LogP contribution in [0.2, 0.25) is 0 Å². The summed E-state index contributed by atoms with van der Waals surface area (Å²) in [6.45, 7) is 2.75. The van der Waals surface area contributed by atoms with Crippen molar-refractivity contribution in [2.45, 2.75) is 25.6 Å². The van der Waals surface area contributed by atoms with Gasteiger partial charge in [-0.15, -0.1) is 0 Å². The summed E-state index contributed by atoms with van der Waals surface area (Å²) in [5, 5.41) is 3.96. The lowest BCUT2D eigenvalue weighted by atomic mass is 9.89. The fourth-order valence-electron chi connectivity index (χ4n) is 2.45. The standard InChI is InChI=1S/C18H18F3N3O3/c1-3-27-15(25)17(18(19,20)21,13-9-5-4-6-10-13)24-16(26)23-14-11-7-8-12(2)22-14/h4-11H,3H2,1-2H3,(H2,22,23,24,26). The number of halogens is 3. The van der Waals surface area contributed by atoms with Crippen LogP contribution in [0.15, 0.2) is 48.5 Å². The molecule has 1 aromatic heterocycles. The minimum atomic E-state index is -5.15. The summed E-state index contributed by atoms with van der Waals surface area (Å²) >= 11 is 0. The van der Waals surface area contributed by atoms with Crippen molar-refractivity contribution in [3.63, 3.8) is 0 Å². The molecule has 0 aliphatic heterocycles. The molecule has 144 valence electrons. The average Bonchev–Trinajstić information content (AvgIpc) is 2.59. The number of nitrogens with one attached hydrogen (secondary N) is 2. The Morgan fingerprint density at radius 2 is 1.74 bits per heavy atom. The van der Waals surface area contributed by atoms with E-state index in [1.54, 1.807) is 24.4 Å². The highest BCUT2D eigenvalue weighted by Gasteiger charge is 2.64. The summed E-state index contributed by atoms with van der Waals surface area (Å²) < 4.78 is 46.8. The summed E-state index contributed by atoms with van der Waals surface area (Å²) in [5.41, 5.74) is -3.27. The van der Waals surface area contributed by atoms with Crippen LogP contribution < -0.4 is 10.6 Å². The van der Waals surface area contributed by atoms with Gasteiger partial charge in [-0.05, 0) is 31.5 Å². The zero-order chi connectivity index (χ0) is 20.1. The number of ether oxygens (including phenoxy) is 1. The van der Waals surface area contributed by atoms with Crippen molar-refractivity contribution in [3.8, 4) is 0 Å². The van der Waals surface area contributed by atoms with Gasteiger partial charge in [0.2, 0.25) is 0 Å². The van der Waals surface area contributed by atoms with Gasteiger partial charge in [-0.2, -0.15) is 13.2 Å². The first-order valence-electron chi connectivity index (χ1n) is 8.03. The van der Waals surface area contributed by atoms with Crippen molar-refractivity contribution in [1.82, 2.24) is 10.3 Å². The maximum absolute atomic E-state index is 14.0. The highest BCUT2D eigenvalue weighted by Crippen LogP contribution is 2.40. The van der Waals surface area contributed by atoms with Gasteiger partial charge in [0, 0.05) is 5.69 Å². The molecule has 0 bridgehead atoms. The summed E-state index contributed by atoms with van der Waals surface area (Å²) in [4.78, 5) is 28.6. The first kappa shape index (κ1) is 20.2. The highest BCUT2D eigenvalue weighted by atomic mass is 19.4. The van der Waals surface area contributed by atoms with Crippen LogP contribution in [0.3, 0.4) is 0 Å². The Bertz CT molecular complexity index is 812. The number of aryl methyl sites for hydroxylation is 1. The zero-order valence-corrected chi connectivity index (χ0v) is 14.6. The lowest BCUT2D eigenvalue weighted by Crippen LogP contribution is -2.62. The second kappa shape index (κ2) is 8.07. The first-order valence-corrected chi connectivity index (χ1v) is 8.03. The number of nitrogens with zero attached hydrogens (tertiary/aromatic N) is 1. The number of amides is 2. The molecule has 0 saturated carbocycles. The summed E-state index contributed by atoms with van der Waals surface area (Å²) in [7, 11) is 0. The van der Waals surface area contributed by atoms with Crippen molar-refractivity contribution in [2.75, 3.05) is 11.9 Å². The number of urea groups is 1. The Morgan fingerprint density at radius 1 is 1.07 bits per heavy atom. The van der Waals surface area contributed by atoms with E-state index in [0.29, 0.717) is 5.69 Å². The van der Waals surface area contributed by atoms with Gasteiger partial charge in [0.05, 0.1) is 6.61 Å². The number of benzene rings is 1. The van der Waals surface area contributed by atoms with E-state index >= 15 is 0 Å². The minimum Gasteiger partial charge on any atom is -0.464 e. The largest absolute Gasteiger partial charge is 0.464 e. The number of alkyl halides is 3. The molecule has 1 aromatic carbocycles. The molecule has 9 heteroatoms. The maximum atomic E-state index is 14.0. The van der Waals surface area contributed by atoms with Crippen LogP contribution in [0.4, 0.5) is 23.8 Å².